The lowest BCUT2D eigenvalue weighted by atomic mass is 10.0. The first-order valence-electron chi connectivity index (χ1n) is 12.9. The highest BCUT2D eigenvalue weighted by Gasteiger charge is 2.29. The zero-order chi connectivity index (χ0) is 28.0. The smallest absolute Gasteiger partial charge is 0.261 e. The van der Waals surface area contributed by atoms with Crippen molar-refractivity contribution in [3.8, 4) is 5.75 Å². The molecule has 1 aliphatic rings. The first kappa shape index (κ1) is 28.5. The van der Waals surface area contributed by atoms with Gasteiger partial charge in [0.15, 0.2) is 0 Å². The maximum atomic E-state index is 13.6. The van der Waals surface area contributed by atoms with E-state index in [1.807, 2.05) is 18.2 Å². The van der Waals surface area contributed by atoms with E-state index in [-0.39, 0.29) is 40.1 Å². The minimum Gasteiger partial charge on any atom is -0.491 e. The molecular weight excluding hydrogens is 516 g/mol. The summed E-state index contributed by atoms with van der Waals surface area (Å²) in [6, 6.07) is 18.7. The van der Waals surface area contributed by atoms with Gasteiger partial charge in [-0.3, -0.25) is 19.4 Å². The van der Waals surface area contributed by atoms with E-state index in [0.717, 1.165) is 12.2 Å². The van der Waals surface area contributed by atoms with E-state index in [1.165, 1.54) is 18.2 Å². The average Bonchev–Trinajstić information content (AvgIpc) is 2.94. The van der Waals surface area contributed by atoms with Gasteiger partial charge in [-0.05, 0) is 55.3 Å². The number of hydrogen-bond donors (Lipinski definition) is 1. The van der Waals surface area contributed by atoms with Gasteiger partial charge in [-0.15, -0.1) is 0 Å². The number of fused-ring (bicyclic) bond motifs is 1. The van der Waals surface area contributed by atoms with Gasteiger partial charge in [0.1, 0.15) is 12.4 Å². The summed E-state index contributed by atoms with van der Waals surface area (Å²) in [5.41, 5.74) is 1.51. The van der Waals surface area contributed by atoms with Crippen molar-refractivity contribution >= 4 is 21.6 Å². The molecule has 0 aliphatic carbocycles. The van der Waals surface area contributed by atoms with Gasteiger partial charge in [0.05, 0.1) is 22.3 Å². The summed E-state index contributed by atoms with van der Waals surface area (Å²) in [6.45, 7) is 6.27. The molecule has 10 heteroatoms. The normalized spacial score (nSPS) is 21.3. The van der Waals surface area contributed by atoms with Crippen molar-refractivity contribution in [2.45, 2.75) is 37.4 Å². The Morgan fingerprint density at radius 2 is 1.79 bits per heavy atom. The summed E-state index contributed by atoms with van der Waals surface area (Å²) >= 11 is 0. The number of hydrogen-bond acceptors (Lipinski definition) is 7. The second-order valence-electron chi connectivity index (χ2n) is 9.98. The third-order valence-corrected chi connectivity index (χ3v) is 8.37. The van der Waals surface area contributed by atoms with Crippen LogP contribution in [0.25, 0.3) is 0 Å². The summed E-state index contributed by atoms with van der Waals surface area (Å²) in [5, 5.41) is 0. The van der Waals surface area contributed by atoms with Crippen molar-refractivity contribution in [2.75, 3.05) is 38.6 Å². The van der Waals surface area contributed by atoms with Gasteiger partial charge in [0.25, 0.3) is 15.9 Å². The van der Waals surface area contributed by atoms with Gasteiger partial charge in [0, 0.05) is 51.7 Å². The van der Waals surface area contributed by atoms with Crippen LogP contribution in [0.2, 0.25) is 0 Å². The molecule has 208 valence electrons. The molecule has 1 aliphatic heterocycles. The molecule has 2 heterocycles. The molecule has 1 N–H and O–H groups in total. The van der Waals surface area contributed by atoms with E-state index in [4.69, 9.17) is 9.47 Å². The van der Waals surface area contributed by atoms with Gasteiger partial charge >= 0.3 is 0 Å². The lowest BCUT2D eigenvalue weighted by molar-refractivity contribution is 0.00901. The van der Waals surface area contributed by atoms with Crippen molar-refractivity contribution in [1.29, 1.82) is 0 Å². The van der Waals surface area contributed by atoms with Gasteiger partial charge in [-0.1, -0.05) is 31.2 Å². The predicted octanol–water partition coefficient (Wildman–Crippen LogP) is 3.89. The molecule has 3 aromatic rings. The summed E-state index contributed by atoms with van der Waals surface area (Å²) < 4.78 is 40.4. The zero-order valence-corrected chi connectivity index (χ0v) is 23.6. The molecule has 0 bridgehead atoms. The maximum Gasteiger partial charge on any atom is 0.261 e. The highest BCUT2D eigenvalue weighted by atomic mass is 32.2. The Balaban J connectivity index is 1.65. The first-order valence-corrected chi connectivity index (χ1v) is 14.4. The number of pyridine rings is 1. The lowest BCUT2D eigenvalue weighted by Gasteiger charge is -2.35. The number of amides is 1. The summed E-state index contributed by atoms with van der Waals surface area (Å²) in [4.78, 5) is 22.1. The van der Waals surface area contributed by atoms with E-state index < -0.39 is 10.0 Å². The zero-order valence-electron chi connectivity index (χ0n) is 22.8. The SMILES string of the molecule is CO[C@@H]1CN(C)C(=O)c2cc(NS(=O)(=O)c3ccccc3)ccc2OC[C@H](C)N(Cc2ccccn2)C[C@H]1C. The number of likely N-dealkylation sites (N-methyl/N-ethyl adjacent to an activating group) is 1. The highest BCUT2D eigenvalue weighted by Crippen LogP contribution is 2.28. The Morgan fingerprint density at radius 1 is 1.05 bits per heavy atom. The summed E-state index contributed by atoms with van der Waals surface area (Å²) in [5.74, 6) is 0.222. The molecule has 0 unspecified atom stereocenters. The number of rotatable bonds is 6. The maximum absolute atomic E-state index is 13.6. The quantitative estimate of drug-likeness (QED) is 0.495. The Hall–Kier alpha value is -3.47. The number of aromatic nitrogens is 1. The van der Waals surface area contributed by atoms with Crippen LogP contribution in [-0.4, -0.2) is 75.1 Å². The Morgan fingerprint density at radius 3 is 2.49 bits per heavy atom. The van der Waals surface area contributed by atoms with E-state index >= 15 is 0 Å². The van der Waals surface area contributed by atoms with Crippen LogP contribution in [0.1, 0.15) is 29.9 Å². The number of carbonyl (C=O) groups is 1. The number of benzene rings is 2. The van der Waals surface area contributed by atoms with E-state index in [2.05, 4.69) is 28.5 Å². The molecule has 0 radical (unpaired) electrons. The molecule has 1 amide bonds. The molecule has 3 atom stereocenters. The van der Waals surface area contributed by atoms with Crippen LogP contribution >= 0.6 is 0 Å². The molecule has 1 aromatic heterocycles. The number of nitrogens with zero attached hydrogens (tertiary/aromatic N) is 3. The second kappa shape index (κ2) is 12.6. The molecule has 4 rings (SSSR count). The molecule has 0 spiro atoms. The number of nitrogens with one attached hydrogen (secondary N) is 1. The fourth-order valence-corrected chi connectivity index (χ4v) is 5.72. The lowest BCUT2D eigenvalue weighted by Crippen LogP contribution is -2.46. The molecule has 2 aromatic carbocycles. The number of sulfonamides is 1. The standard InChI is InChI=1S/C29H36N4O5S/c1-21-17-33(18-24-10-8-9-15-30-24)22(2)20-38-27-14-13-23(31-39(35,36)25-11-6-5-7-12-25)16-26(27)29(34)32(3)19-28(21)37-4/h5-16,21-22,28,31H,17-20H2,1-4H3/t21-,22+,28-/m1/s1. The largest absolute Gasteiger partial charge is 0.491 e. The second-order valence-corrected chi connectivity index (χ2v) is 11.7. The van der Waals surface area contributed by atoms with Crippen molar-refractivity contribution in [3.05, 3.63) is 84.2 Å². The van der Waals surface area contributed by atoms with Crippen molar-refractivity contribution < 1.29 is 22.7 Å². The van der Waals surface area contributed by atoms with E-state index in [9.17, 15) is 13.2 Å². The van der Waals surface area contributed by atoms with Gasteiger partial charge in [-0.25, -0.2) is 8.42 Å². The molecule has 0 saturated carbocycles. The first-order chi connectivity index (χ1) is 18.7. The minimum atomic E-state index is -3.83. The number of methoxy groups -OCH3 is 1. The van der Waals surface area contributed by atoms with Crippen LogP contribution in [-0.2, 0) is 21.3 Å². The number of carbonyl (C=O) groups excluding carboxylic acids is 1. The monoisotopic (exact) mass is 552 g/mol. The van der Waals surface area contributed by atoms with Crippen LogP contribution < -0.4 is 9.46 Å². The molecule has 39 heavy (non-hydrogen) atoms. The number of ether oxygens (including phenoxy) is 2. The van der Waals surface area contributed by atoms with Crippen LogP contribution in [0.4, 0.5) is 5.69 Å². The average molecular weight is 553 g/mol. The third kappa shape index (κ3) is 7.14. The van der Waals surface area contributed by atoms with Crippen LogP contribution in [0, 0.1) is 5.92 Å². The molecule has 9 nitrogen and oxygen atoms in total. The van der Waals surface area contributed by atoms with Gasteiger partial charge < -0.3 is 14.4 Å². The van der Waals surface area contributed by atoms with E-state index in [1.54, 1.807) is 55.6 Å². The summed E-state index contributed by atoms with van der Waals surface area (Å²) in [6.07, 6.45) is 1.58. The Kier molecular flexibility index (Phi) is 9.21. The van der Waals surface area contributed by atoms with Crippen molar-refractivity contribution in [2.24, 2.45) is 5.92 Å². The Labute approximate surface area is 230 Å². The fraction of sp³-hybridized carbons (Fsp3) is 0.379. The third-order valence-electron chi connectivity index (χ3n) is 6.97. The molecule has 0 fully saturated rings. The topological polar surface area (TPSA) is 101 Å². The molecular formula is C29H36N4O5S. The van der Waals surface area contributed by atoms with Crippen LogP contribution in [0.5, 0.6) is 5.75 Å². The van der Waals surface area contributed by atoms with Crippen molar-refractivity contribution in [3.63, 3.8) is 0 Å². The van der Waals surface area contributed by atoms with E-state index in [0.29, 0.717) is 25.4 Å². The minimum absolute atomic E-state index is 0.00308. The van der Waals surface area contributed by atoms with Gasteiger partial charge in [-0.2, -0.15) is 0 Å². The number of anilines is 1. The molecule has 0 saturated heterocycles. The summed E-state index contributed by atoms with van der Waals surface area (Å²) in [7, 11) is -0.453. The van der Waals surface area contributed by atoms with Crippen molar-refractivity contribution in [1.82, 2.24) is 14.8 Å². The fourth-order valence-electron chi connectivity index (χ4n) is 4.65. The predicted molar refractivity (Wildman–Crippen MR) is 150 cm³/mol. The van der Waals surface area contributed by atoms with Gasteiger partial charge in [0.2, 0.25) is 0 Å². The Bertz CT molecular complexity index is 1350. The highest BCUT2D eigenvalue weighted by molar-refractivity contribution is 7.92. The van der Waals surface area contributed by atoms with Crippen LogP contribution in [0.3, 0.4) is 0 Å². The van der Waals surface area contributed by atoms with Crippen LogP contribution in [0.15, 0.2) is 77.8 Å².